The molecule has 2 amide bonds. The molecule has 0 radical (unpaired) electrons. The van der Waals surface area contributed by atoms with Gasteiger partial charge in [-0.2, -0.15) is 0 Å². The molecule has 3 N–H and O–H groups in total. The summed E-state index contributed by atoms with van der Waals surface area (Å²) in [6.45, 7) is 1.73. The second-order valence-electron chi connectivity index (χ2n) is 5.92. The van der Waals surface area contributed by atoms with Crippen LogP contribution in [-0.4, -0.2) is 23.5 Å². The van der Waals surface area contributed by atoms with Gasteiger partial charge in [-0.15, -0.1) is 22.7 Å². The maximum atomic E-state index is 12.2. The first-order chi connectivity index (χ1) is 12.9. The Morgan fingerprint density at radius 1 is 1.07 bits per heavy atom. The largest absolute Gasteiger partial charge is 0.377 e. The van der Waals surface area contributed by atoms with E-state index in [-0.39, 0.29) is 6.54 Å². The molecule has 0 bridgehead atoms. The number of aryl methyl sites for hydroxylation is 1. The van der Waals surface area contributed by atoms with Gasteiger partial charge in [-0.25, -0.2) is 0 Å². The van der Waals surface area contributed by atoms with Crippen molar-refractivity contribution >= 4 is 51.8 Å². The lowest BCUT2D eigenvalue weighted by Gasteiger charge is -2.26. The van der Waals surface area contributed by atoms with E-state index < -0.39 is 17.4 Å². The minimum Gasteiger partial charge on any atom is -0.377 e. The van der Waals surface area contributed by atoms with Crippen molar-refractivity contribution in [3.8, 4) is 0 Å². The third-order valence-corrected chi connectivity index (χ3v) is 6.45. The van der Waals surface area contributed by atoms with Gasteiger partial charge in [0.25, 0.3) is 0 Å². The van der Waals surface area contributed by atoms with Gasteiger partial charge in [0, 0.05) is 20.5 Å². The van der Waals surface area contributed by atoms with Crippen LogP contribution in [0.3, 0.4) is 0 Å². The molecule has 0 aliphatic carbocycles. The number of carbonyl (C=O) groups is 2. The van der Waals surface area contributed by atoms with E-state index in [1.807, 2.05) is 29.8 Å². The smallest absolute Gasteiger partial charge is 0.313 e. The van der Waals surface area contributed by atoms with Crippen LogP contribution in [0.4, 0.5) is 5.69 Å². The van der Waals surface area contributed by atoms with Crippen molar-refractivity contribution in [2.45, 2.75) is 12.5 Å². The Hall–Kier alpha value is -2.19. The zero-order valence-corrected chi connectivity index (χ0v) is 16.8. The number of carbonyl (C=O) groups excluding carboxylic acids is 2. The number of aliphatic hydroxyl groups is 1. The quantitative estimate of drug-likeness (QED) is 0.550. The Labute approximate surface area is 169 Å². The van der Waals surface area contributed by atoms with Gasteiger partial charge in [0.15, 0.2) is 0 Å². The Bertz CT molecular complexity index is 906. The highest BCUT2D eigenvalue weighted by atomic mass is 35.5. The molecule has 1 aromatic carbocycles. The van der Waals surface area contributed by atoms with E-state index in [9.17, 15) is 14.7 Å². The molecule has 3 aromatic rings. The predicted octanol–water partition coefficient (Wildman–Crippen LogP) is 3.76. The molecule has 27 heavy (non-hydrogen) atoms. The third-order valence-electron chi connectivity index (χ3n) is 4.00. The predicted molar refractivity (Wildman–Crippen MR) is 109 cm³/mol. The first kappa shape index (κ1) is 19.6. The average Bonchev–Trinajstić information content (AvgIpc) is 3.36. The normalized spacial score (nSPS) is 11.2. The number of thiophene rings is 2. The minimum atomic E-state index is -1.38. The van der Waals surface area contributed by atoms with Gasteiger partial charge >= 0.3 is 11.8 Å². The number of rotatable bonds is 5. The van der Waals surface area contributed by atoms with Crippen molar-refractivity contribution < 1.29 is 14.7 Å². The van der Waals surface area contributed by atoms with Gasteiger partial charge in [0.1, 0.15) is 5.60 Å². The van der Waals surface area contributed by atoms with Crippen LogP contribution in [-0.2, 0) is 15.2 Å². The summed E-state index contributed by atoms with van der Waals surface area (Å²) in [7, 11) is 0. The molecule has 0 saturated heterocycles. The van der Waals surface area contributed by atoms with E-state index in [1.165, 1.54) is 22.7 Å². The van der Waals surface area contributed by atoms with E-state index in [1.54, 1.807) is 30.3 Å². The lowest BCUT2D eigenvalue weighted by Crippen LogP contribution is -2.44. The minimum absolute atomic E-state index is 0.116. The fourth-order valence-electron chi connectivity index (χ4n) is 2.47. The first-order valence-electron chi connectivity index (χ1n) is 8.06. The van der Waals surface area contributed by atoms with Crippen LogP contribution in [0.15, 0.2) is 53.2 Å². The molecule has 0 unspecified atom stereocenters. The summed E-state index contributed by atoms with van der Waals surface area (Å²) in [6.07, 6.45) is 0. The lowest BCUT2D eigenvalue weighted by molar-refractivity contribution is -0.136. The Morgan fingerprint density at radius 2 is 1.70 bits per heavy atom. The average molecular weight is 421 g/mol. The Morgan fingerprint density at radius 3 is 2.22 bits per heavy atom. The van der Waals surface area contributed by atoms with Gasteiger partial charge in [0.2, 0.25) is 0 Å². The summed E-state index contributed by atoms with van der Waals surface area (Å²) in [5.74, 6) is -1.66. The maximum absolute atomic E-state index is 12.2. The van der Waals surface area contributed by atoms with E-state index in [0.29, 0.717) is 20.5 Å². The summed E-state index contributed by atoms with van der Waals surface area (Å²) in [5.41, 5.74) is -0.0839. The molecule has 0 spiro atoms. The van der Waals surface area contributed by atoms with Crippen LogP contribution in [0.2, 0.25) is 5.02 Å². The Balaban J connectivity index is 1.69. The maximum Gasteiger partial charge on any atom is 0.313 e. The van der Waals surface area contributed by atoms with E-state index >= 15 is 0 Å². The highest BCUT2D eigenvalue weighted by Gasteiger charge is 2.34. The topological polar surface area (TPSA) is 78.4 Å². The molecule has 140 valence electrons. The fraction of sp³-hybridized carbons (Fsp3) is 0.158. The lowest BCUT2D eigenvalue weighted by atomic mass is 10.00. The molecule has 8 heteroatoms. The number of benzene rings is 1. The van der Waals surface area contributed by atoms with Gasteiger partial charge in [0.05, 0.1) is 6.54 Å². The van der Waals surface area contributed by atoms with E-state index in [2.05, 4.69) is 10.6 Å². The number of hydrogen-bond donors (Lipinski definition) is 3. The van der Waals surface area contributed by atoms with Crippen molar-refractivity contribution in [2.24, 2.45) is 0 Å². The summed E-state index contributed by atoms with van der Waals surface area (Å²) in [5, 5.41) is 20.4. The number of nitrogens with one attached hydrogen (secondary N) is 2. The summed E-state index contributed by atoms with van der Waals surface area (Å²) >= 11 is 8.80. The molecular formula is C19H17ClN2O3S2. The fourth-order valence-corrected chi connectivity index (χ4v) is 4.39. The monoisotopic (exact) mass is 420 g/mol. The van der Waals surface area contributed by atoms with E-state index in [0.717, 1.165) is 5.56 Å². The SMILES string of the molecule is Cc1ccc(NC(=O)C(=O)NCC(O)(c2cccs2)c2cccs2)cc1Cl. The van der Waals surface area contributed by atoms with Crippen LogP contribution >= 0.6 is 34.3 Å². The summed E-state index contributed by atoms with van der Waals surface area (Å²) in [6, 6.07) is 12.2. The molecule has 3 rings (SSSR count). The molecule has 0 aliphatic rings. The third kappa shape index (κ3) is 4.39. The second kappa shape index (κ2) is 8.22. The van der Waals surface area contributed by atoms with Gasteiger partial charge in [-0.3, -0.25) is 9.59 Å². The molecule has 0 aliphatic heterocycles. The molecule has 2 heterocycles. The zero-order valence-electron chi connectivity index (χ0n) is 14.4. The summed E-state index contributed by atoms with van der Waals surface area (Å²) < 4.78 is 0. The van der Waals surface area contributed by atoms with Crippen LogP contribution in [0.1, 0.15) is 15.3 Å². The van der Waals surface area contributed by atoms with E-state index in [4.69, 9.17) is 11.6 Å². The second-order valence-corrected chi connectivity index (χ2v) is 8.22. The highest BCUT2D eigenvalue weighted by Crippen LogP contribution is 2.35. The van der Waals surface area contributed by atoms with Crippen LogP contribution in [0, 0.1) is 6.92 Å². The zero-order chi connectivity index (χ0) is 19.4. The Kier molecular flexibility index (Phi) is 5.96. The van der Waals surface area contributed by atoms with Crippen molar-refractivity contribution in [1.29, 1.82) is 0 Å². The molecular weight excluding hydrogens is 404 g/mol. The molecule has 0 saturated carbocycles. The number of amides is 2. The van der Waals surface area contributed by atoms with Crippen molar-refractivity contribution in [3.63, 3.8) is 0 Å². The molecule has 0 atom stereocenters. The number of hydrogen-bond acceptors (Lipinski definition) is 5. The standard InChI is InChI=1S/C19H17ClN2O3S2/c1-12-6-7-13(10-14(12)20)22-18(24)17(23)21-11-19(25,15-4-2-8-26-15)16-5-3-9-27-16/h2-10,25H,11H2,1H3,(H,21,23)(H,22,24). The van der Waals surface area contributed by atoms with Crippen LogP contribution < -0.4 is 10.6 Å². The first-order valence-corrected chi connectivity index (χ1v) is 10.2. The van der Waals surface area contributed by atoms with Crippen molar-refractivity contribution in [1.82, 2.24) is 5.32 Å². The van der Waals surface area contributed by atoms with Gasteiger partial charge in [-0.05, 0) is 47.5 Å². The van der Waals surface area contributed by atoms with Gasteiger partial charge in [-0.1, -0.05) is 29.8 Å². The van der Waals surface area contributed by atoms with Crippen LogP contribution in [0.5, 0.6) is 0 Å². The van der Waals surface area contributed by atoms with Crippen molar-refractivity contribution in [2.75, 3.05) is 11.9 Å². The number of anilines is 1. The highest BCUT2D eigenvalue weighted by molar-refractivity contribution is 7.11. The van der Waals surface area contributed by atoms with Crippen LogP contribution in [0.25, 0.3) is 0 Å². The molecule has 2 aromatic heterocycles. The molecule has 0 fully saturated rings. The number of halogens is 1. The van der Waals surface area contributed by atoms with Crippen molar-refractivity contribution in [3.05, 3.63) is 73.6 Å². The summed E-state index contributed by atoms with van der Waals surface area (Å²) in [4.78, 5) is 25.8. The molecule has 5 nitrogen and oxygen atoms in total. The van der Waals surface area contributed by atoms with Gasteiger partial charge < -0.3 is 15.7 Å².